The SMILES string of the molecule is O=C(c1ccc(Cl)cc1)C(C(=O)N1CCC(Cc2ccccc2)CC1)n1ccccc1=O. The molecule has 0 saturated carbocycles. The number of aromatic nitrogens is 1. The highest BCUT2D eigenvalue weighted by atomic mass is 35.5. The van der Waals surface area contributed by atoms with Crippen molar-refractivity contribution in [3.05, 3.63) is 105 Å². The van der Waals surface area contributed by atoms with Gasteiger partial charge in [0.2, 0.25) is 0 Å². The minimum Gasteiger partial charge on any atom is -0.340 e. The summed E-state index contributed by atoms with van der Waals surface area (Å²) < 4.78 is 1.23. The number of amides is 1. The van der Waals surface area contributed by atoms with E-state index in [0.29, 0.717) is 29.6 Å². The van der Waals surface area contributed by atoms with Crippen LogP contribution in [0.4, 0.5) is 0 Å². The molecule has 6 heteroatoms. The van der Waals surface area contributed by atoms with Gasteiger partial charge in [0.05, 0.1) is 0 Å². The molecule has 1 amide bonds. The van der Waals surface area contributed by atoms with Crippen LogP contribution in [0, 0.1) is 5.92 Å². The van der Waals surface area contributed by atoms with Crippen LogP contribution in [0.15, 0.2) is 83.8 Å². The van der Waals surface area contributed by atoms with Crippen LogP contribution in [-0.2, 0) is 11.2 Å². The van der Waals surface area contributed by atoms with E-state index >= 15 is 0 Å². The van der Waals surface area contributed by atoms with E-state index in [1.54, 1.807) is 41.3 Å². The summed E-state index contributed by atoms with van der Waals surface area (Å²) in [5, 5.41) is 0.502. The molecule has 164 valence electrons. The molecule has 1 saturated heterocycles. The quantitative estimate of drug-likeness (QED) is 0.414. The Morgan fingerprint density at radius 2 is 1.56 bits per heavy atom. The average molecular weight is 449 g/mol. The largest absolute Gasteiger partial charge is 0.340 e. The molecule has 0 aliphatic carbocycles. The van der Waals surface area contributed by atoms with Crippen molar-refractivity contribution >= 4 is 23.3 Å². The highest BCUT2D eigenvalue weighted by Crippen LogP contribution is 2.25. The number of nitrogens with zero attached hydrogens (tertiary/aromatic N) is 2. The standard InChI is InChI=1S/C26H25ClN2O3/c27-22-11-9-21(10-12-22)25(31)24(29-15-5-4-8-23(29)30)26(32)28-16-13-20(14-17-28)18-19-6-2-1-3-7-19/h1-12,15,20,24H,13-14,16-18H2. The summed E-state index contributed by atoms with van der Waals surface area (Å²) >= 11 is 5.95. The second-order valence-electron chi connectivity index (χ2n) is 8.18. The van der Waals surface area contributed by atoms with Gasteiger partial charge in [-0.05, 0) is 61.1 Å². The Hall–Kier alpha value is -3.18. The smallest absolute Gasteiger partial charge is 0.253 e. The Bertz CT molecular complexity index is 1130. The lowest BCUT2D eigenvalue weighted by Crippen LogP contribution is -2.46. The van der Waals surface area contributed by atoms with Crippen LogP contribution in [0.3, 0.4) is 0 Å². The van der Waals surface area contributed by atoms with E-state index in [4.69, 9.17) is 11.6 Å². The summed E-state index contributed by atoms with van der Waals surface area (Å²) in [6.07, 6.45) is 4.22. The van der Waals surface area contributed by atoms with Gasteiger partial charge in [0.15, 0.2) is 11.8 Å². The third-order valence-corrected chi connectivity index (χ3v) is 6.29. The second kappa shape index (κ2) is 9.96. The topological polar surface area (TPSA) is 59.4 Å². The van der Waals surface area contributed by atoms with Crippen molar-refractivity contribution in [2.24, 2.45) is 5.92 Å². The monoisotopic (exact) mass is 448 g/mol. The van der Waals surface area contributed by atoms with Crippen molar-refractivity contribution in [3.8, 4) is 0 Å². The number of piperidine rings is 1. The summed E-state index contributed by atoms with van der Waals surface area (Å²) in [7, 11) is 0. The van der Waals surface area contributed by atoms with Crippen LogP contribution < -0.4 is 5.56 Å². The zero-order chi connectivity index (χ0) is 22.5. The number of carbonyl (C=O) groups excluding carboxylic acids is 2. The molecule has 1 aromatic heterocycles. The summed E-state index contributed by atoms with van der Waals surface area (Å²) in [5.41, 5.74) is 1.26. The van der Waals surface area contributed by atoms with Gasteiger partial charge in [-0.1, -0.05) is 48.0 Å². The molecule has 2 heterocycles. The average Bonchev–Trinajstić information content (AvgIpc) is 2.82. The van der Waals surface area contributed by atoms with Crippen molar-refractivity contribution in [1.29, 1.82) is 0 Å². The molecule has 0 spiro atoms. The van der Waals surface area contributed by atoms with Crippen LogP contribution >= 0.6 is 11.6 Å². The van der Waals surface area contributed by atoms with E-state index in [1.807, 2.05) is 18.2 Å². The molecule has 0 N–H and O–H groups in total. The first kappa shape index (κ1) is 22.0. The van der Waals surface area contributed by atoms with Crippen LogP contribution in [0.2, 0.25) is 5.02 Å². The predicted molar refractivity (Wildman–Crippen MR) is 125 cm³/mol. The first-order valence-electron chi connectivity index (χ1n) is 10.8. The maximum atomic E-state index is 13.5. The Morgan fingerprint density at radius 1 is 0.906 bits per heavy atom. The van der Waals surface area contributed by atoms with E-state index in [2.05, 4.69) is 12.1 Å². The Kier molecular flexibility index (Phi) is 6.86. The number of hydrogen-bond donors (Lipinski definition) is 0. The Balaban J connectivity index is 1.53. The molecule has 3 aromatic rings. The molecule has 1 unspecified atom stereocenters. The van der Waals surface area contributed by atoms with E-state index in [0.717, 1.165) is 19.3 Å². The van der Waals surface area contributed by atoms with Crippen molar-refractivity contribution in [2.45, 2.75) is 25.3 Å². The number of ketones is 1. The van der Waals surface area contributed by atoms with E-state index in [1.165, 1.54) is 22.4 Å². The number of pyridine rings is 1. The maximum absolute atomic E-state index is 13.5. The summed E-state index contributed by atoms with van der Waals surface area (Å²) in [4.78, 5) is 41.1. The molecular weight excluding hydrogens is 424 g/mol. The third-order valence-electron chi connectivity index (χ3n) is 6.03. The number of halogens is 1. The third kappa shape index (κ3) is 5.00. The van der Waals surface area contributed by atoms with Gasteiger partial charge in [-0.25, -0.2) is 0 Å². The lowest BCUT2D eigenvalue weighted by molar-refractivity contribution is -0.134. The van der Waals surface area contributed by atoms with Gasteiger partial charge in [-0.2, -0.15) is 0 Å². The normalized spacial score (nSPS) is 15.3. The fourth-order valence-electron chi connectivity index (χ4n) is 4.26. The minimum absolute atomic E-state index is 0.337. The summed E-state index contributed by atoms with van der Waals surface area (Å²) in [5.74, 6) is -0.255. The highest BCUT2D eigenvalue weighted by molar-refractivity contribution is 6.30. The van der Waals surface area contributed by atoms with E-state index < -0.39 is 11.8 Å². The number of carbonyl (C=O) groups is 2. The van der Waals surface area contributed by atoms with E-state index in [9.17, 15) is 14.4 Å². The lowest BCUT2D eigenvalue weighted by atomic mass is 9.89. The zero-order valence-corrected chi connectivity index (χ0v) is 18.4. The van der Waals surface area contributed by atoms with Gasteiger partial charge >= 0.3 is 0 Å². The zero-order valence-electron chi connectivity index (χ0n) is 17.7. The van der Waals surface area contributed by atoms with Gasteiger partial charge in [0.25, 0.3) is 11.5 Å². The van der Waals surface area contributed by atoms with Gasteiger partial charge in [0, 0.05) is 35.9 Å². The first-order valence-corrected chi connectivity index (χ1v) is 11.2. The fourth-order valence-corrected chi connectivity index (χ4v) is 4.39. The van der Waals surface area contributed by atoms with Crippen LogP contribution in [0.25, 0.3) is 0 Å². The summed E-state index contributed by atoms with van der Waals surface area (Å²) in [6.45, 7) is 1.14. The Morgan fingerprint density at radius 3 is 2.22 bits per heavy atom. The number of rotatable bonds is 6. The minimum atomic E-state index is -1.23. The van der Waals surface area contributed by atoms with Crippen molar-refractivity contribution in [1.82, 2.24) is 9.47 Å². The molecule has 1 atom stereocenters. The van der Waals surface area contributed by atoms with Gasteiger partial charge in [-0.3, -0.25) is 19.0 Å². The molecule has 1 aliphatic rings. The predicted octanol–water partition coefficient (Wildman–Crippen LogP) is 4.41. The van der Waals surface area contributed by atoms with E-state index in [-0.39, 0.29) is 11.5 Å². The molecule has 2 aromatic carbocycles. The maximum Gasteiger partial charge on any atom is 0.253 e. The molecule has 4 rings (SSSR count). The molecule has 1 fully saturated rings. The summed E-state index contributed by atoms with van der Waals surface area (Å²) in [6, 6.07) is 20.1. The number of Topliss-reactive ketones (excluding diaryl/α,β-unsaturated/α-hetero) is 1. The van der Waals surface area contributed by atoms with Gasteiger partial charge in [0.1, 0.15) is 0 Å². The van der Waals surface area contributed by atoms with Crippen molar-refractivity contribution in [3.63, 3.8) is 0 Å². The number of hydrogen-bond acceptors (Lipinski definition) is 3. The Labute approximate surface area is 192 Å². The molecule has 5 nitrogen and oxygen atoms in total. The molecular formula is C26H25ClN2O3. The molecule has 0 radical (unpaired) electrons. The fraction of sp³-hybridized carbons (Fsp3) is 0.269. The highest BCUT2D eigenvalue weighted by Gasteiger charge is 2.35. The molecule has 0 bridgehead atoms. The number of likely N-dealkylation sites (tertiary alicyclic amines) is 1. The first-order chi connectivity index (χ1) is 15.5. The van der Waals surface area contributed by atoms with Crippen molar-refractivity contribution in [2.75, 3.05) is 13.1 Å². The number of benzene rings is 2. The van der Waals surface area contributed by atoms with Crippen molar-refractivity contribution < 1.29 is 9.59 Å². The second-order valence-corrected chi connectivity index (χ2v) is 8.61. The molecule has 1 aliphatic heterocycles. The van der Waals surface area contributed by atoms with Gasteiger partial charge < -0.3 is 4.90 Å². The lowest BCUT2D eigenvalue weighted by Gasteiger charge is -2.34. The van der Waals surface area contributed by atoms with Crippen LogP contribution in [0.5, 0.6) is 0 Å². The molecule has 32 heavy (non-hydrogen) atoms. The van der Waals surface area contributed by atoms with Crippen LogP contribution in [-0.4, -0.2) is 34.2 Å². The van der Waals surface area contributed by atoms with Crippen LogP contribution in [0.1, 0.15) is 34.8 Å². The van der Waals surface area contributed by atoms with Gasteiger partial charge in [-0.15, -0.1) is 0 Å².